The Labute approximate surface area is 314 Å². The van der Waals surface area contributed by atoms with Crippen LogP contribution in [-0.4, -0.2) is 58.6 Å². The third-order valence-electron chi connectivity index (χ3n) is 7.09. The van der Waals surface area contributed by atoms with Crippen LogP contribution in [0.1, 0.15) is 0 Å². The minimum absolute atomic E-state index is 0.0152. The van der Waals surface area contributed by atoms with Crippen LogP contribution in [0.2, 0.25) is 0 Å². The number of benzene rings is 5. The molecule has 0 saturated heterocycles. The normalized spacial score (nSPS) is 12.6. The number of anilines is 1. The maximum Gasteiger partial charge on any atom is 0.297 e. The lowest BCUT2D eigenvalue weighted by atomic mass is 10.1. The van der Waals surface area contributed by atoms with Gasteiger partial charge in [-0.05, 0) is 47.2 Å². The summed E-state index contributed by atoms with van der Waals surface area (Å²) in [5.41, 5.74) is 3.51. The molecule has 0 atom stereocenters. The maximum absolute atomic E-state index is 12.1. The third-order valence-corrected chi connectivity index (χ3v) is 10.1. The van der Waals surface area contributed by atoms with Crippen molar-refractivity contribution in [3.63, 3.8) is 0 Å². The standard InChI is InChI=1S/C27H20N8O16S4/c1-29-32-25-20(55(45,46)47)8-12-7-17(52-50-48-40)23(22(28)21(12)27(25)37)33-30-13-3-2-11-6-18(53-51-49-41)24(26(36)15(11)9-13)34-31-16-5-4-14(35(38)39)10-19(16)54(42,43)44/h2-10,36-37,40-41H,28H2,1H3,(H,42,43,44)(H,45,46,47). The summed E-state index contributed by atoms with van der Waals surface area (Å²) < 4.78 is 76.5. The fourth-order valence-electron chi connectivity index (χ4n) is 4.84. The molecule has 288 valence electrons. The molecule has 28 heteroatoms. The van der Waals surface area contributed by atoms with E-state index in [1.165, 1.54) is 37.4 Å². The zero-order valence-corrected chi connectivity index (χ0v) is 30.1. The topological polar surface area (TPSA) is 370 Å². The number of nitro benzene ring substituents is 1. The fourth-order valence-corrected chi connectivity index (χ4v) is 7.15. The van der Waals surface area contributed by atoms with Crippen molar-refractivity contribution in [3.05, 3.63) is 64.7 Å². The van der Waals surface area contributed by atoms with Gasteiger partial charge >= 0.3 is 0 Å². The Morgan fingerprint density at radius 3 is 1.95 bits per heavy atom. The monoisotopic (exact) mass is 840 g/mol. The highest BCUT2D eigenvalue weighted by Gasteiger charge is 2.26. The van der Waals surface area contributed by atoms with Gasteiger partial charge in [0, 0.05) is 24.6 Å². The minimum atomic E-state index is -5.06. The van der Waals surface area contributed by atoms with Crippen molar-refractivity contribution >= 4 is 106 Å². The molecule has 5 aromatic rings. The number of hydrogen-bond donors (Lipinski definition) is 7. The van der Waals surface area contributed by atoms with Crippen LogP contribution in [0.15, 0.2) is 105 Å². The van der Waals surface area contributed by atoms with Gasteiger partial charge in [-0.25, -0.2) is 10.5 Å². The number of nitrogens with zero attached hydrogens (tertiary/aromatic N) is 7. The first-order valence-electron chi connectivity index (χ1n) is 14.1. The molecule has 55 heavy (non-hydrogen) atoms. The van der Waals surface area contributed by atoms with Crippen molar-refractivity contribution in [1.82, 2.24) is 0 Å². The third kappa shape index (κ3) is 8.75. The molecule has 5 aromatic carbocycles. The van der Waals surface area contributed by atoms with E-state index in [4.69, 9.17) is 16.2 Å². The van der Waals surface area contributed by atoms with Crippen molar-refractivity contribution < 1.29 is 70.3 Å². The molecule has 0 unspecified atom stereocenters. The Balaban J connectivity index is 1.66. The predicted molar refractivity (Wildman–Crippen MR) is 188 cm³/mol. The number of aromatic hydroxyl groups is 2. The van der Waals surface area contributed by atoms with Crippen LogP contribution in [0, 0.1) is 10.1 Å². The lowest BCUT2D eigenvalue weighted by Gasteiger charge is -2.14. The largest absolute Gasteiger partial charge is 0.505 e. The number of hydrogen-bond acceptors (Lipinski definition) is 23. The van der Waals surface area contributed by atoms with E-state index in [9.17, 15) is 46.3 Å². The summed E-state index contributed by atoms with van der Waals surface area (Å²) in [6.07, 6.45) is 0. The van der Waals surface area contributed by atoms with Crippen LogP contribution in [0.3, 0.4) is 0 Å². The molecular weight excluding hydrogens is 821 g/mol. The van der Waals surface area contributed by atoms with Gasteiger partial charge in [-0.2, -0.15) is 32.2 Å². The van der Waals surface area contributed by atoms with Crippen LogP contribution in [-0.2, 0) is 39.0 Å². The highest BCUT2D eigenvalue weighted by atomic mass is 32.2. The zero-order valence-electron chi connectivity index (χ0n) is 26.8. The van der Waals surface area contributed by atoms with E-state index in [1.54, 1.807) is 0 Å². The van der Waals surface area contributed by atoms with Crippen LogP contribution in [0.5, 0.6) is 11.5 Å². The molecule has 0 bridgehead atoms. The Morgan fingerprint density at radius 1 is 0.727 bits per heavy atom. The number of phenols is 2. The second kappa shape index (κ2) is 16.5. The van der Waals surface area contributed by atoms with E-state index < -0.39 is 69.2 Å². The Bertz CT molecular complexity index is 2680. The van der Waals surface area contributed by atoms with Crippen molar-refractivity contribution in [2.45, 2.75) is 19.6 Å². The summed E-state index contributed by atoms with van der Waals surface area (Å²) in [4.78, 5) is 8.33. The number of nitrogen functional groups attached to an aromatic ring is 1. The van der Waals surface area contributed by atoms with Gasteiger partial charge in [0.2, 0.25) is 0 Å². The molecule has 0 spiro atoms. The lowest BCUT2D eigenvalue weighted by molar-refractivity contribution is -0.432. The number of azo groups is 3. The van der Waals surface area contributed by atoms with Crippen molar-refractivity contribution in [2.24, 2.45) is 30.7 Å². The smallest absolute Gasteiger partial charge is 0.297 e. The molecule has 0 aromatic heterocycles. The van der Waals surface area contributed by atoms with Gasteiger partial charge in [0.25, 0.3) is 25.9 Å². The van der Waals surface area contributed by atoms with Crippen LogP contribution in [0.25, 0.3) is 21.5 Å². The number of phenolic OH excluding ortho intramolecular Hbond substituents is 2. The molecule has 8 N–H and O–H groups in total. The van der Waals surface area contributed by atoms with Gasteiger partial charge in [-0.3, -0.25) is 19.2 Å². The molecule has 0 saturated carbocycles. The number of nitrogens with two attached hydrogens (primary N) is 1. The lowest BCUT2D eigenvalue weighted by Crippen LogP contribution is -2.00. The number of rotatable bonds is 14. The van der Waals surface area contributed by atoms with Crippen molar-refractivity contribution in [1.29, 1.82) is 0 Å². The van der Waals surface area contributed by atoms with Gasteiger partial charge in [0.15, 0.2) is 11.5 Å². The van der Waals surface area contributed by atoms with Crippen LogP contribution < -0.4 is 5.73 Å². The fraction of sp³-hybridized carbons (Fsp3) is 0.0370. The first-order chi connectivity index (χ1) is 26.0. The number of non-ortho nitro benzene ring substituents is 1. The Kier molecular flexibility index (Phi) is 12.2. The highest BCUT2D eigenvalue weighted by Crippen LogP contribution is 2.50. The number of nitro groups is 1. The Morgan fingerprint density at radius 2 is 1.35 bits per heavy atom. The van der Waals surface area contributed by atoms with Crippen LogP contribution in [0.4, 0.5) is 39.8 Å². The molecule has 5 rings (SSSR count). The van der Waals surface area contributed by atoms with Crippen molar-refractivity contribution in [2.75, 3.05) is 12.8 Å². The molecule has 0 fully saturated rings. The van der Waals surface area contributed by atoms with E-state index >= 15 is 0 Å². The summed E-state index contributed by atoms with van der Waals surface area (Å²) in [6.45, 7) is 0. The van der Waals surface area contributed by atoms with Crippen molar-refractivity contribution in [3.8, 4) is 11.5 Å². The maximum atomic E-state index is 12.1. The summed E-state index contributed by atoms with van der Waals surface area (Å²) in [5.74, 6) is -1.44. The summed E-state index contributed by atoms with van der Waals surface area (Å²) >= 11 is 0.671. The molecule has 0 aliphatic rings. The first-order valence-corrected chi connectivity index (χ1v) is 18.4. The first kappa shape index (κ1) is 40.7. The molecule has 0 amide bonds. The van der Waals surface area contributed by atoms with Gasteiger partial charge in [-0.15, -0.1) is 24.0 Å². The predicted octanol–water partition coefficient (Wildman–Crippen LogP) is 7.79. The molecule has 0 heterocycles. The van der Waals surface area contributed by atoms with Gasteiger partial charge < -0.3 is 15.9 Å². The minimum Gasteiger partial charge on any atom is -0.505 e. The highest BCUT2D eigenvalue weighted by molar-refractivity contribution is 7.95. The molecule has 24 nitrogen and oxygen atoms in total. The second-order valence-electron chi connectivity index (χ2n) is 10.3. The molecule has 0 aliphatic carbocycles. The van der Waals surface area contributed by atoms with E-state index in [-0.39, 0.29) is 43.0 Å². The van der Waals surface area contributed by atoms with E-state index in [0.717, 1.165) is 18.2 Å². The van der Waals surface area contributed by atoms with Gasteiger partial charge in [0.05, 0.1) is 55.6 Å². The second-order valence-corrected chi connectivity index (χ2v) is 14.6. The molecule has 0 aliphatic heterocycles. The average molecular weight is 841 g/mol. The average Bonchev–Trinajstić information content (AvgIpc) is 3.12. The zero-order chi connectivity index (χ0) is 40.2. The van der Waals surface area contributed by atoms with Gasteiger partial charge in [0.1, 0.15) is 32.5 Å². The van der Waals surface area contributed by atoms with E-state index in [2.05, 4.69) is 49.4 Å². The summed E-state index contributed by atoms with van der Waals surface area (Å²) in [7, 11) is -8.83. The number of fused-ring (bicyclic) bond motifs is 2. The van der Waals surface area contributed by atoms with E-state index in [1.807, 2.05) is 0 Å². The molecule has 0 radical (unpaired) electrons. The SMILES string of the molecule is CN=Nc1c(S(=O)(=O)O)cc2cc(SOOO)c(N=Nc3ccc4cc(SOOO)c(N=Nc5ccc([N+](=O)[O-])cc5S(=O)(=O)O)c(O)c4c3)c(N)c2c1O. The summed E-state index contributed by atoms with van der Waals surface area (Å²) in [5, 5.41) is 81.2. The quantitative estimate of drug-likeness (QED) is 0.0107. The van der Waals surface area contributed by atoms with E-state index in [0.29, 0.717) is 35.5 Å². The van der Waals surface area contributed by atoms with Crippen LogP contribution >= 0.6 is 24.1 Å². The Hall–Kier alpha value is -5.50. The molecular formula is C27H20N8O16S4. The summed E-state index contributed by atoms with van der Waals surface area (Å²) in [6, 6.07) is 9.95. The van der Waals surface area contributed by atoms with Gasteiger partial charge in [-0.1, -0.05) is 16.1 Å².